The summed E-state index contributed by atoms with van der Waals surface area (Å²) >= 11 is 0. The zero-order valence-corrected chi connectivity index (χ0v) is 12.4. The fourth-order valence-electron chi connectivity index (χ4n) is 2.27. The van der Waals surface area contributed by atoms with Crippen molar-refractivity contribution in [3.8, 4) is 17.6 Å². The Labute approximate surface area is 124 Å². The molecule has 2 N–H and O–H groups in total. The van der Waals surface area contributed by atoms with Gasteiger partial charge in [0, 0.05) is 0 Å². The molecule has 2 rings (SSSR count). The summed E-state index contributed by atoms with van der Waals surface area (Å²) in [5, 5.41) is 9.09. The van der Waals surface area contributed by atoms with Crippen LogP contribution in [0.25, 0.3) is 0 Å². The van der Waals surface area contributed by atoms with E-state index in [1.54, 1.807) is 19.2 Å². The van der Waals surface area contributed by atoms with Crippen molar-refractivity contribution < 1.29 is 9.47 Å². The molecule has 21 heavy (non-hydrogen) atoms. The first-order valence-corrected chi connectivity index (χ1v) is 6.61. The van der Waals surface area contributed by atoms with Gasteiger partial charge in [-0.3, -0.25) is 0 Å². The Morgan fingerprint density at radius 3 is 2.57 bits per heavy atom. The van der Waals surface area contributed by atoms with Crippen molar-refractivity contribution in [2.75, 3.05) is 12.8 Å². The summed E-state index contributed by atoms with van der Waals surface area (Å²) in [5.41, 5.74) is 10.1. The molecule has 0 saturated carbocycles. The molecule has 0 atom stereocenters. The number of aryl methyl sites for hydroxylation is 2. The number of nitrogens with zero attached hydrogens (tertiary/aromatic N) is 1. The predicted octanol–water partition coefficient (Wildman–Crippen LogP) is 3.34. The van der Waals surface area contributed by atoms with Crippen LogP contribution in [0.3, 0.4) is 0 Å². The fourth-order valence-corrected chi connectivity index (χ4v) is 2.27. The van der Waals surface area contributed by atoms with Gasteiger partial charge in [-0.25, -0.2) is 0 Å². The van der Waals surface area contributed by atoms with E-state index in [9.17, 15) is 0 Å². The first kappa shape index (κ1) is 14.7. The van der Waals surface area contributed by atoms with Crippen LogP contribution in [0.4, 0.5) is 5.69 Å². The summed E-state index contributed by atoms with van der Waals surface area (Å²) in [5.74, 6) is 1.25. The van der Waals surface area contributed by atoms with Gasteiger partial charge in [-0.1, -0.05) is 12.1 Å². The molecule has 0 amide bonds. The number of benzene rings is 2. The second kappa shape index (κ2) is 6.19. The standard InChI is InChI=1S/C17H18N2O2/c1-11-6-12(2)17(15(19)7-11)21-10-13-4-5-16(20-3)14(8-13)9-18/h4-8H,10,19H2,1-3H3. The smallest absolute Gasteiger partial charge is 0.145 e. The summed E-state index contributed by atoms with van der Waals surface area (Å²) in [4.78, 5) is 0. The molecule has 0 aliphatic rings. The molecule has 4 heteroatoms. The lowest BCUT2D eigenvalue weighted by molar-refractivity contribution is 0.305. The SMILES string of the molecule is COc1ccc(COc2c(C)cc(C)cc2N)cc1C#N. The van der Waals surface area contributed by atoms with Gasteiger partial charge in [0.2, 0.25) is 0 Å². The van der Waals surface area contributed by atoms with E-state index >= 15 is 0 Å². The third-order valence-electron chi connectivity index (χ3n) is 3.22. The number of hydrogen-bond acceptors (Lipinski definition) is 4. The maximum absolute atomic E-state index is 9.09. The van der Waals surface area contributed by atoms with Crippen molar-refractivity contribution >= 4 is 5.69 Å². The van der Waals surface area contributed by atoms with Crippen LogP contribution in [0.1, 0.15) is 22.3 Å². The number of anilines is 1. The monoisotopic (exact) mass is 282 g/mol. The molecule has 108 valence electrons. The minimum absolute atomic E-state index is 0.354. The summed E-state index contributed by atoms with van der Waals surface area (Å²) in [6.07, 6.45) is 0. The summed E-state index contributed by atoms with van der Waals surface area (Å²) < 4.78 is 10.9. The van der Waals surface area contributed by atoms with Gasteiger partial charge in [-0.05, 0) is 48.7 Å². The number of methoxy groups -OCH3 is 1. The molecule has 0 fully saturated rings. The normalized spacial score (nSPS) is 10.0. The van der Waals surface area contributed by atoms with E-state index < -0.39 is 0 Å². The first-order chi connectivity index (χ1) is 10.0. The molecule has 0 spiro atoms. The van der Waals surface area contributed by atoms with Crippen molar-refractivity contribution in [1.29, 1.82) is 5.26 Å². The summed E-state index contributed by atoms with van der Waals surface area (Å²) in [7, 11) is 1.54. The summed E-state index contributed by atoms with van der Waals surface area (Å²) in [6.45, 7) is 4.32. The van der Waals surface area contributed by atoms with Crippen molar-refractivity contribution in [1.82, 2.24) is 0 Å². The van der Waals surface area contributed by atoms with E-state index in [4.69, 9.17) is 20.5 Å². The highest BCUT2D eigenvalue weighted by Gasteiger charge is 2.08. The first-order valence-electron chi connectivity index (χ1n) is 6.61. The topological polar surface area (TPSA) is 68.3 Å². The molecule has 0 aliphatic carbocycles. The second-order valence-electron chi connectivity index (χ2n) is 4.94. The molecule has 0 aliphatic heterocycles. The zero-order chi connectivity index (χ0) is 15.4. The molecule has 0 heterocycles. The average molecular weight is 282 g/mol. The Kier molecular flexibility index (Phi) is 4.34. The zero-order valence-electron chi connectivity index (χ0n) is 12.4. The average Bonchev–Trinajstić information content (AvgIpc) is 2.45. The third-order valence-corrected chi connectivity index (χ3v) is 3.22. The van der Waals surface area contributed by atoms with Gasteiger partial charge >= 0.3 is 0 Å². The van der Waals surface area contributed by atoms with Crippen molar-refractivity contribution in [2.24, 2.45) is 0 Å². The third kappa shape index (κ3) is 3.26. The Morgan fingerprint density at radius 2 is 1.95 bits per heavy atom. The quantitative estimate of drug-likeness (QED) is 0.873. The maximum atomic E-state index is 9.09. The molecular formula is C17H18N2O2. The number of nitrogens with two attached hydrogens (primary N) is 1. The van der Waals surface area contributed by atoms with E-state index in [1.165, 1.54) is 0 Å². The van der Waals surface area contributed by atoms with Crippen molar-refractivity contribution in [3.63, 3.8) is 0 Å². The minimum atomic E-state index is 0.354. The number of nitrogen functional groups attached to an aromatic ring is 1. The van der Waals surface area contributed by atoms with Gasteiger partial charge in [0.15, 0.2) is 0 Å². The van der Waals surface area contributed by atoms with E-state index in [0.29, 0.717) is 29.4 Å². The summed E-state index contributed by atoms with van der Waals surface area (Å²) in [6, 6.07) is 11.4. The Morgan fingerprint density at radius 1 is 1.19 bits per heavy atom. The lowest BCUT2D eigenvalue weighted by Crippen LogP contribution is -2.02. The Bertz CT molecular complexity index is 679. The predicted molar refractivity (Wildman–Crippen MR) is 82.4 cm³/mol. The lowest BCUT2D eigenvalue weighted by Gasteiger charge is -2.13. The van der Waals surface area contributed by atoms with Crippen LogP contribution < -0.4 is 15.2 Å². The van der Waals surface area contributed by atoms with Gasteiger partial charge in [0.1, 0.15) is 24.2 Å². The van der Waals surface area contributed by atoms with Gasteiger partial charge in [-0.2, -0.15) is 5.26 Å². The Hall–Kier alpha value is -2.67. The van der Waals surface area contributed by atoms with Gasteiger partial charge in [0.25, 0.3) is 0 Å². The molecule has 4 nitrogen and oxygen atoms in total. The van der Waals surface area contributed by atoms with Crippen LogP contribution in [0.15, 0.2) is 30.3 Å². The van der Waals surface area contributed by atoms with E-state index in [2.05, 4.69) is 6.07 Å². The molecule has 0 bridgehead atoms. The van der Waals surface area contributed by atoms with Gasteiger partial charge in [0.05, 0.1) is 18.4 Å². The largest absolute Gasteiger partial charge is 0.495 e. The van der Waals surface area contributed by atoms with E-state index in [0.717, 1.165) is 16.7 Å². The van der Waals surface area contributed by atoms with Gasteiger partial charge < -0.3 is 15.2 Å². The number of rotatable bonds is 4. The van der Waals surface area contributed by atoms with E-state index in [1.807, 2.05) is 32.0 Å². The second-order valence-corrected chi connectivity index (χ2v) is 4.94. The van der Waals surface area contributed by atoms with Crippen LogP contribution in [-0.2, 0) is 6.61 Å². The number of hydrogen-bond donors (Lipinski definition) is 1. The molecule has 0 unspecified atom stereocenters. The van der Waals surface area contributed by atoms with Crippen molar-refractivity contribution in [3.05, 3.63) is 52.6 Å². The maximum Gasteiger partial charge on any atom is 0.145 e. The molecule has 0 saturated heterocycles. The van der Waals surface area contributed by atoms with Crippen LogP contribution in [0.2, 0.25) is 0 Å². The highest BCUT2D eigenvalue weighted by molar-refractivity contribution is 5.58. The van der Waals surface area contributed by atoms with Crippen molar-refractivity contribution in [2.45, 2.75) is 20.5 Å². The molecule has 0 aromatic heterocycles. The van der Waals surface area contributed by atoms with Crippen LogP contribution in [-0.4, -0.2) is 7.11 Å². The van der Waals surface area contributed by atoms with Crippen LogP contribution >= 0.6 is 0 Å². The highest BCUT2D eigenvalue weighted by atomic mass is 16.5. The molecular weight excluding hydrogens is 264 g/mol. The molecule has 2 aromatic carbocycles. The van der Waals surface area contributed by atoms with E-state index in [-0.39, 0.29) is 0 Å². The Balaban J connectivity index is 2.19. The van der Waals surface area contributed by atoms with Gasteiger partial charge in [-0.15, -0.1) is 0 Å². The fraction of sp³-hybridized carbons (Fsp3) is 0.235. The molecule has 0 radical (unpaired) electrons. The minimum Gasteiger partial charge on any atom is -0.495 e. The lowest BCUT2D eigenvalue weighted by atomic mass is 10.1. The molecule has 2 aromatic rings. The highest BCUT2D eigenvalue weighted by Crippen LogP contribution is 2.28. The van der Waals surface area contributed by atoms with Crippen LogP contribution in [0, 0.1) is 25.2 Å². The number of nitriles is 1. The number of ether oxygens (including phenoxy) is 2. The van der Waals surface area contributed by atoms with Crippen LogP contribution in [0.5, 0.6) is 11.5 Å².